The molecule has 32 heavy (non-hydrogen) atoms. The number of aromatic amines is 1. The van der Waals surface area contributed by atoms with Crippen molar-refractivity contribution >= 4 is 43.8 Å². The highest BCUT2D eigenvalue weighted by Crippen LogP contribution is 2.37. The maximum absolute atomic E-state index is 9.35. The summed E-state index contributed by atoms with van der Waals surface area (Å²) in [5.74, 6) is 0.879. The van der Waals surface area contributed by atoms with Crippen LogP contribution in [0.1, 0.15) is 18.9 Å². The van der Waals surface area contributed by atoms with Gasteiger partial charge in [0, 0.05) is 46.4 Å². The van der Waals surface area contributed by atoms with Crippen LogP contribution in [0.4, 0.5) is 11.5 Å². The second kappa shape index (κ2) is 9.12. The van der Waals surface area contributed by atoms with Crippen molar-refractivity contribution in [1.29, 1.82) is 0 Å². The smallest absolute Gasteiger partial charge is 0.148 e. The number of aliphatic hydroxyl groups is 1. The number of fused-ring (bicyclic) bond motifs is 2. The normalized spacial score (nSPS) is 12.4. The summed E-state index contributed by atoms with van der Waals surface area (Å²) in [6.45, 7) is 3.00. The molecule has 162 valence electrons. The lowest BCUT2D eigenvalue weighted by Gasteiger charge is -2.13. The van der Waals surface area contributed by atoms with E-state index in [4.69, 9.17) is 0 Å². The molecule has 1 atom stereocenters. The Morgan fingerprint density at radius 2 is 1.91 bits per heavy atom. The molecule has 0 amide bonds. The molecule has 0 saturated heterocycles. The molecule has 3 heterocycles. The van der Waals surface area contributed by atoms with Crippen LogP contribution in [0.3, 0.4) is 0 Å². The van der Waals surface area contributed by atoms with Crippen LogP contribution in [0, 0.1) is 0 Å². The largest absolute Gasteiger partial charge is 0.395 e. The van der Waals surface area contributed by atoms with Gasteiger partial charge in [-0.3, -0.25) is 0 Å². The fourth-order valence-electron chi connectivity index (χ4n) is 3.85. The van der Waals surface area contributed by atoms with E-state index >= 15 is 0 Å². The van der Waals surface area contributed by atoms with E-state index in [0.29, 0.717) is 0 Å². The van der Waals surface area contributed by atoms with Crippen molar-refractivity contribution in [3.8, 4) is 10.4 Å². The lowest BCUT2D eigenvalue weighted by molar-refractivity contribution is 0.238. The van der Waals surface area contributed by atoms with E-state index in [1.807, 2.05) is 12.4 Å². The van der Waals surface area contributed by atoms with E-state index in [2.05, 4.69) is 88.2 Å². The van der Waals surface area contributed by atoms with Gasteiger partial charge >= 0.3 is 0 Å². The molecule has 3 aromatic heterocycles. The van der Waals surface area contributed by atoms with E-state index in [-0.39, 0.29) is 12.6 Å². The topological polar surface area (TPSA) is 73.0 Å². The highest BCUT2D eigenvalue weighted by molar-refractivity contribution is 7.22. The zero-order chi connectivity index (χ0) is 21.9. The van der Waals surface area contributed by atoms with Gasteiger partial charge in [0.15, 0.2) is 0 Å². The average Bonchev–Trinajstić information content (AvgIpc) is 3.47. The first-order chi connectivity index (χ1) is 15.7. The summed E-state index contributed by atoms with van der Waals surface area (Å²) in [4.78, 5) is 9.06. The highest BCUT2D eigenvalue weighted by Gasteiger charge is 2.10. The quantitative estimate of drug-likeness (QED) is 0.236. The van der Waals surface area contributed by atoms with Crippen molar-refractivity contribution in [1.82, 2.24) is 15.3 Å². The van der Waals surface area contributed by atoms with Crippen LogP contribution in [-0.2, 0) is 6.54 Å². The number of rotatable bonds is 8. The van der Waals surface area contributed by atoms with E-state index in [1.165, 1.54) is 26.8 Å². The van der Waals surface area contributed by atoms with Crippen LogP contribution in [-0.4, -0.2) is 27.7 Å². The van der Waals surface area contributed by atoms with Gasteiger partial charge in [-0.05, 0) is 59.3 Å². The van der Waals surface area contributed by atoms with Gasteiger partial charge in [-0.1, -0.05) is 31.2 Å². The van der Waals surface area contributed by atoms with Gasteiger partial charge in [-0.25, -0.2) is 4.98 Å². The van der Waals surface area contributed by atoms with Crippen molar-refractivity contribution < 1.29 is 5.11 Å². The molecular formula is C26H26N4OS. The Morgan fingerprint density at radius 3 is 2.72 bits per heavy atom. The molecule has 0 fully saturated rings. The Morgan fingerprint density at radius 1 is 1.03 bits per heavy atom. The molecule has 0 aliphatic carbocycles. The summed E-state index contributed by atoms with van der Waals surface area (Å²) >= 11 is 1.75. The minimum absolute atomic E-state index is 0.147. The number of H-pyrrole nitrogens is 1. The Bertz CT molecular complexity index is 1340. The zero-order valence-corrected chi connectivity index (χ0v) is 18.7. The second-order valence-electron chi connectivity index (χ2n) is 7.96. The molecule has 5 nitrogen and oxygen atoms in total. The molecule has 5 aromatic rings. The standard InChI is InChI=1S/C26H26N4OS/c1-2-21(16-31)29-15-17-3-5-18(6-4-17)24-14-20-10-12-28-26(25(20)32-24)30-22-7-8-23-19(13-22)9-11-27-23/h3-14,21,27,29,31H,2,15-16H2,1H3,(H,28,30). The van der Waals surface area contributed by atoms with Gasteiger partial charge in [0.25, 0.3) is 0 Å². The van der Waals surface area contributed by atoms with Crippen LogP contribution < -0.4 is 10.6 Å². The number of hydrogen-bond donors (Lipinski definition) is 4. The minimum Gasteiger partial charge on any atom is -0.395 e. The molecule has 0 aliphatic rings. The van der Waals surface area contributed by atoms with Crippen LogP contribution in [0.15, 0.2) is 73.1 Å². The number of nitrogens with one attached hydrogen (secondary N) is 3. The van der Waals surface area contributed by atoms with Crippen LogP contribution in [0.2, 0.25) is 0 Å². The Hall–Kier alpha value is -3.19. The van der Waals surface area contributed by atoms with E-state index < -0.39 is 0 Å². The number of thiophene rings is 1. The molecule has 0 radical (unpaired) electrons. The number of benzene rings is 2. The van der Waals surface area contributed by atoms with Crippen LogP contribution in [0.5, 0.6) is 0 Å². The average molecular weight is 443 g/mol. The second-order valence-corrected chi connectivity index (χ2v) is 9.01. The monoisotopic (exact) mass is 442 g/mol. The summed E-state index contributed by atoms with van der Waals surface area (Å²) in [7, 11) is 0. The third kappa shape index (κ3) is 4.25. The number of hydrogen-bond acceptors (Lipinski definition) is 5. The molecule has 0 bridgehead atoms. The van der Waals surface area contributed by atoms with Gasteiger partial charge in [-0.15, -0.1) is 11.3 Å². The number of pyridine rings is 1. The van der Waals surface area contributed by atoms with Gasteiger partial charge in [0.05, 0.1) is 11.3 Å². The highest BCUT2D eigenvalue weighted by atomic mass is 32.1. The number of anilines is 2. The first kappa shape index (κ1) is 20.7. The Labute approximate surface area is 191 Å². The molecule has 5 rings (SSSR count). The van der Waals surface area contributed by atoms with Crippen molar-refractivity contribution in [2.75, 3.05) is 11.9 Å². The first-order valence-corrected chi connectivity index (χ1v) is 11.7. The van der Waals surface area contributed by atoms with Gasteiger partial charge < -0.3 is 20.7 Å². The number of nitrogens with zero attached hydrogens (tertiary/aromatic N) is 1. The molecule has 0 aliphatic heterocycles. The number of aliphatic hydroxyl groups excluding tert-OH is 1. The SMILES string of the molecule is CCC(CO)NCc1ccc(-c2cc3ccnc(Nc4ccc5[nH]ccc5c4)c3s2)cc1. The lowest BCUT2D eigenvalue weighted by atomic mass is 10.1. The summed E-state index contributed by atoms with van der Waals surface area (Å²) in [5, 5.41) is 18.6. The molecule has 2 aromatic carbocycles. The Kier molecular flexibility index (Phi) is 5.90. The number of aromatic nitrogens is 2. The van der Waals surface area contributed by atoms with Crippen molar-refractivity contribution in [3.05, 3.63) is 78.6 Å². The summed E-state index contributed by atoms with van der Waals surface area (Å²) < 4.78 is 1.15. The molecule has 0 spiro atoms. The molecule has 4 N–H and O–H groups in total. The molecule has 0 saturated carbocycles. The minimum atomic E-state index is 0.147. The predicted molar refractivity (Wildman–Crippen MR) is 135 cm³/mol. The molecule has 1 unspecified atom stereocenters. The fraction of sp³-hybridized carbons (Fsp3) is 0.192. The van der Waals surface area contributed by atoms with Gasteiger partial charge in [0.2, 0.25) is 0 Å². The maximum Gasteiger partial charge on any atom is 0.148 e. The van der Waals surface area contributed by atoms with E-state index in [9.17, 15) is 5.11 Å². The molecular weight excluding hydrogens is 416 g/mol. The lowest BCUT2D eigenvalue weighted by Crippen LogP contribution is -2.31. The summed E-state index contributed by atoms with van der Waals surface area (Å²) in [6, 6.07) is 21.4. The van der Waals surface area contributed by atoms with Crippen molar-refractivity contribution in [3.63, 3.8) is 0 Å². The van der Waals surface area contributed by atoms with Crippen molar-refractivity contribution in [2.45, 2.75) is 25.9 Å². The van der Waals surface area contributed by atoms with Crippen molar-refractivity contribution in [2.24, 2.45) is 0 Å². The fourth-order valence-corrected chi connectivity index (χ4v) is 4.96. The van der Waals surface area contributed by atoms with Crippen LogP contribution >= 0.6 is 11.3 Å². The third-order valence-corrected chi connectivity index (χ3v) is 7.00. The van der Waals surface area contributed by atoms with E-state index in [1.54, 1.807) is 11.3 Å². The van der Waals surface area contributed by atoms with Gasteiger partial charge in [-0.2, -0.15) is 0 Å². The third-order valence-electron chi connectivity index (χ3n) is 5.80. The summed E-state index contributed by atoms with van der Waals surface area (Å²) in [6.07, 6.45) is 4.73. The van der Waals surface area contributed by atoms with Gasteiger partial charge in [0.1, 0.15) is 5.82 Å². The summed E-state index contributed by atoms with van der Waals surface area (Å²) in [5.41, 5.74) is 4.56. The molecule has 6 heteroatoms. The Balaban J connectivity index is 1.37. The zero-order valence-electron chi connectivity index (χ0n) is 17.9. The van der Waals surface area contributed by atoms with Crippen LogP contribution in [0.25, 0.3) is 31.4 Å². The maximum atomic E-state index is 9.35. The van der Waals surface area contributed by atoms with E-state index in [0.717, 1.165) is 34.7 Å². The first-order valence-electron chi connectivity index (χ1n) is 10.9. The predicted octanol–water partition coefficient (Wildman–Crippen LogP) is 6.05.